The molecule has 0 amide bonds. The Kier molecular flexibility index (Phi) is 4.60. The highest BCUT2D eigenvalue weighted by molar-refractivity contribution is 6.32. The predicted octanol–water partition coefficient (Wildman–Crippen LogP) is 3.71. The molecular weight excluding hydrogens is 315 g/mol. The topological polar surface area (TPSA) is 66.8 Å². The number of hydrogen-bond acceptors (Lipinski definition) is 4. The Morgan fingerprint density at radius 2 is 1.43 bits per heavy atom. The molecule has 0 saturated heterocycles. The number of rotatable bonds is 3. The van der Waals surface area contributed by atoms with Gasteiger partial charge in [-0.1, -0.05) is 35.3 Å². The zero-order valence-electron chi connectivity index (χ0n) is 11.0. The van der Waals surface area contributed by atoms with E-state index in [9.17, 15) is 15.0 Å². The molecule has 4 nitrogen and oxygen atoms in total. The third-order valence-electron chi connectivity index (χ3n) is 3.05. The van der Waals surface area contributed by atoms with E-state index in [1.807, 2.05) is 0 Å². The number of carbonyl (C=O) groups excluding carboxylic acids is 1. The van der Waals surface area contributed by atoms with Crippen molar-refractivity contribution in [2.24, 2.45) is 0 Å². The van der Waals surface area contributed by atoms with Crippen molar-refractivity contribution in [3.05, 3.63) is 57.6 Å². The maximum absolute atomic E-state index is 12.1. The first-order valence-electron chi connectivity index (χ1n) is 5.98. The number of methoxy groups -OCH3 is 1. The molecule has 0 bridgehead atoms. The molecule has 0 atom stereocenters. The normalized spacial score (nSPS) is 10.7. The lowest BCUT2D eigenvalue weighted by Gasteiger charge is -2.16. The molecule has 2 aromatic rings. The van der Waals surface area contributed by atoms with Crippen LogP contribution in [0.5, 0.6) is 11.5 Å². The lowest BCUT2D eigenvalue weighted by atomic mass is 9.91. The van der Waals surface area contributed by atoms with Crippen LogP contribution in [0.1, 0.15) is 17.0 Å². The number of hydrogen-bond donors (Lipinski definition) is 2. The lowest BCUT2D eigenvalue weighted by Crippen LogP contribution is -2.15. The van der Waals surface area contributed by atoms with Gasteiger partial charge < -0.3 is 14.9 Å². The summed E-state index contributed by atoms with van der Waals surface area (Å²) in [7, 11) is 1.28. The highest BCUT2D eigenvalue weighted by atomic mass is 35.5. The van der Waals surface area contributed by atoms with Crippen molar-refractivity contribution in [3.8, 4) is 11.5 Å². The van der Waals surface area contributed by atoms with Gasteiger partial charge >= 0.3 is 5.97 Å². The van der Waals surface area contributed by atoms with Crippen molar-refractivity contribution in [2.75, 3.05) is 7.11 Å². The summed E-state index contributed by atoms with van der Waals surface area (Å²) in [6, 6.07) is 8.91. The van der Waals surface area contributed by atoms with Gasteiger partial charge in [0.2, 0.25) is 0 Å². The summed E-state index contributed by atoms with van der Waals surface area (Å²) in [6.07, 6.45) is 0. The van der Waals surface area contributed by atoms with E-state index in [0.717, 1.165) is 0 Å². The molecule has 0 aliphatic heterocycles. The van der Waals surface area contributed by atoms with Crippen LogP contribution in [0.4, 0.5) is 0 Å². The van der Waals surface area contributed by atoms with Gasteiger partial charge in [0, 0.05) is 0 Å². The SMILES string of the molecule is COC(=O)C(c1ccc(O)c(Cl)c1)c1ccc(O)c(Cl)c1. The van der Waals surface area contributed by atoms with E-state index in [1.165, 1.54) is 31.4 Å². The number of benzene rings is 2. The molecule has 2 aromatic carbocycles. The van der Waals surface area contributed by atoms with Gasteiger partial charge in [-0.15, -0.1) is 0 Å². The quantitative estimate of drug-likeness (QED) is 0.844. The zero-order chi connectivity index (χ0) is 15.6. The van der Waals surface area contributed by atoms with E-state index in [0.29, 0.717) is 11.1 Å². The molecule has 0 saturated carbocycles. The predicted molar refractivity (Wildman–Crippen MR) is 80.1 cm³/mol. The fourth-order valence-corrected chi connectivity index (χ4v) is 2.37. The second-order valence-electron chi connectivity index (χ2n) is 4.38. The van der Waals surface area contributed by atoms with E-state index in [4.69, 9.17) is 27.9 Å². The largest absolute Gasteiger partial charge is 0.506 e. The number of phenolic OH excluding ortho intramolecular Hbond substituents is 2. The Morgan fingerprint density at radius 1 is 1.00 bits per heavy atom. The first kappa shape index (κ1) is 15.5. The Balaban J connectivity index is 2.54. The standard InChI is InChI=1S/C15H12Cl2O4/c1-21-15(20)14(8-2-4-12(18)10(16)6-8)9-3-5-13(19)11(17)7-9/h2-7,14,18-19H,1H3. The van der Waals surface area contributed by atoms with Gasteiger partial charge in [-0.25, -0.2) is 0 Å². The summed E-state index contributed by atoms with van der Waals surface area (Å²) in [6.45, 7) is 0. The molecule has 2 rings (SSSR count). The van der Waals surface area contributed by atoms with Gasteiger partial charge in [-0.3, -0.25) is 4.79 Å². The first-order chi connectivity index (χ1) is 9.93. The molecule has 0 heterocycles. The van der Waals surface area contributed by atoms with E-state index in [1.54, 1.807) is 12.1 Å². The van der Waals surface area contributed by atoms with Crippen LogP contribution in [0.25, 0.3) is 0 Å². The van der Waals surface area contributed by atoms with E-state index >= 15 is 0 Å². The molecule has 110 valence electrons. The van der Waals surface area contributed by atoms with Crippen molar-refractivity contribution in [2.45, 2.75) is 5.92 Å². The van der Waals surface area contributed by atoms with Crippen LogP contribution in [-0.4, -0.2) is 23.3 Å². The van der Waals surface area contributed by atoms with Crippen LogP contribution in [0.3, 0.4) is 0 Å². The Bertz CT molecular complexity index is 634. The minimum absolute atomic E-state index is 0.0761. The fourth-order valence-electron chi connectivity index (χ4n) is 1.99. The van der Waals surface area contributed by atoms with Gasteiger partial charge in [0.05, 0.1) is 17.2 Å². The van der Waals surface area contributed by atoms with Crippen LogP contribution in [0.2, 0.25) is 10.0 Å². The summed E-state index contributed by atoms with van der Waals surface area (Å²) in [5, 5.41) is 19.2. The third-order valence-corrected chi connectivity index (χ3v) is 3.65. The van der Waals surface area contributed by atoms with Gasteiger partial charge in [0.1, 0.15) is 17.4 Å². The second-order valence-corrected chi connectivity index (χ2v) is 5.19. The lowest BCUT2D eigenvalue weighted by molar-refractivity contribution is -0.141. The van der Waals surface area contributed by atoms with Crippen molar-refractivity contribution in [3.63, 3.8) is 0 Å². The van der Waals surface area contributed by atoms with Gasteiger partial charge in [-0.05, 0) is 35.4 Å². The van der Waals surface area contributed by atoms with E-state index < -0.39 is 11.9 Å². The molecule has 2 N–H and O–H groups in total. The molecule has 0 aliphatic rings. The smallest absolute Gasteiger partial charge is 0.317 e. The molecule has 0 spiro atoms. The summed E-state index contributed by atoms with van der Waals surface area (Å²) in [5.41, 5.74) is 1.10. The van der Waals surface area contributed by atoms with Crippen LogP contribution >= 0.6 is 23.2 Å². The second kappa shape index (κ2) is 6.24. The highest BCUT2D eigenvalue weighted by Crippen LogP contribution is 2.34. The van der Waals surface area contributed by atoms with Crippen molar-refractivity contribution in [1.82, 2.24) is 0 Å². The van der Waals surface area contributed by atoms with Crippen LogP contribution in [-0.2, 0) is 9.53 Å². The van der Waals surface area contributed by atoms with Gasteiger partial charge in [0.25, 0.3) is 0 Å². The minimum Gasteiger partial charge on any atom is -0.506 e. The molecule has 0 aromatic heterocycles. The van der Waals surface area contributed by atoms with E-state index in [-0.39, 0.29) is 21.5 Å². The Morgan fingerprint density at radius 3 is 1.76 bits per heavy atom. The molecule has 0 unspecified atom stereocenters. The number of esters is 1. The van der Waals surface area contributed by atoms with Crippen LogP contribution in [0, 0.1) is 0 Å². The zero-order valence-corrected chi connectivity index (χ0v) is 12.5. The summed E-state index contributed by atoms with van der Waals surface area (Å²) >= 11 is 11.8. The fraction of sp³-hybridized carbons (Fsp3) is 0.133. The number of ether oxygens (including phenoxy) is 1. The van der Waals surface area contributed by atoms with Crippen molar-refractivity contribution < 1.29 is 19.7 Å². The third kappa shape index (κ3) is 3.23. The summed E-state index contributed by atoms with van der Waals surface area (Å²) in [4.78, 5) is 12.1. The maximum Gasteiger partial charge on any atom is 0.317 e. The number of phenols is 2. The molecular formula is C15H12Cl2O4. The Hall–Kier alpha value is -1.91. The minimum atomic E-state index is -0.758. The summed E-state index contributed by atoms with van der Waals surface area (Å²) in [5.74, 6) is -1.41. The molecule has 6 heteroatoms. The van der Waals surface area contributed by atoms with Crippen molar-refractivity contribution in [1.29, 1.82) is 0 Å². The number of halogens is 2. The van der Waals surface area contributed by atoms with Crippen LogP contribution < -0.4 is 0 Å². The average Bonchev–Trinajstić information content (AvgIpc) is 2.46. The number of aromatic hydroxyl groups is 2. The molecule has 0 aliphatic carbocycles. The maximum atomic E-state index is 12.1. The summed E-state index contributed by atoms with van der Waals surface area (Å²) < 4.78 is 4.81. The molecule has 0 fully saturated rings. The average molecular weight is 327 g/mol. The monoisotopic (exact) mass is 326 g/mol. The first-order valence-corrected chi connectivity index (χ1v) is 6.74. The number of carbonyl (C=O) groups is 1. The van der Waals surface area contributed by atoms with Gasteiger partial charge in [0.15, 0.2) is 0 Å². The highest BCUT2D eigenvalue weighted by Gasteiger charge is 2.25. The Labute approximate surface area is 131 Å². The van der Waals surface area contributed by atoms with Gasteiger partial charge in [-0.2, -0.15) is 0 Å². The van der Waals surface area contributed by atoms with Crippen LogP contribution in [0.15, 0.2) is 36.4 Å². The molecule has 0 radical (unpaired) electrons. The van der Waals surface area contributed by atoms with Crippen molar-refractivity contribution >= 4 is 29.2 Å². The van der Waals surface area contributed by atoms with E-state index in [2.05, 4.69) is 0 Å². The molecule has 21 heavy (non-hydrogen) atoms.